The Hall–Kier alpha value is -2.58. The van der Waals surface area contributed by atoms with Gasteiger partial charge in [0.25, 0.3) is 5.91 Å². The molecular weight excluding hydrogens is 403 g/mol. The van der Waals surface area contributed by atoms with E-state index in [2.05, 4.69) is 20.2 Å². The predicted molar refractivity (Wildman–Crippen MR) is 106 cm³/mol. The standard InChI is InChI=1S/C18H18Cl2N6O2/c1-12(28-15-3-2-13(19)10-14(15)20)18(27)25-8-6-24(7-9-25)17-5-4-16-22-21-11-26(16)23-17/h2-5,10-12H,6-9H2,1H3. The summed E-state index contributed by atoms with van der Waals surface area (Å²) in [4.78, 5) is 16.7. The normalized spacial score (nSPS) is 15.7. The molecule has 146 valence electrons. The maximum Gasteiger partial charge on any atom is 0.263 e. The fourth-order valence-corrected chi connectivity index (χ4v) is 3.56. The Morgan fingerprint density at radius 2 is 1.93 bits per heavy atom. The summed E-state index contributed by atoms with van der Waals surface area (Å²) in [5.74, 6) is 1.20. The third-order valence-electron chi connectivity index (χ3n) is 4.61. The highest BCUT2D eigenvalue weighted by atomic mass is 35.5. The molecule has 1 atom stereocenters. The molecular formula is C18H18Cl2N6O2. The number of nitrogens with zero attached hydrogens (tertiary/aromatic N) is 6. The minimum Gasteiger partial charge on any atom is -0.479 e. The number of hydrogen-bond donors (Lipinski definition) is 0. The first kappa shape index (κ1) is 18.8. The van der Waals surface area contributed by atoms with Crippen LogP contribution in [0.15, 0.2) is 36.7 Å². The van der Waals surface area contributed by atoms with E-state index >= 15 is 0 Å². The van der Waals surface area contributed by atoms with Crippen molar-refractivity contribution in [1.82, 2.24) is 24.7 Å². The summed E-state index contributed by atoms with van der Waals surface area (Å²) in [6.45, 7) is 4.26. The molecule has 3 heterocycles. The molecule has 10 heteroatoms. The van der Waals surface area contributed by atoms with Crippen LogP contribution in [-0.2, 0) is 4.79 Å². The number of halogens is 2. The average molecular weight is 421 g/mol. The van der Waals surface area contributed by atoms with Crippen LogP contribution in [0.4, 0.5) is 5.82 Å². The van der Waals surface area contributed by atoms with E-state index < -0.39 is 6.10 Å². The van der Waals surface area contributed by atoms with Crippen LogP contribution in [-0.4, -0.2) is 62.9 Å². The number of benzene rings is 1. The van der Waals surface area contributed by atoms with Crippen molar-refractivity contribution in [2.24, 2.45) is 0 Å². The molecule has 0 radical (unpaired) electrons. The van der Waals surface area contributed by atoms with Gasteiger partial charge < -0.3 is 14.5 Å². The summed E-state index contributed by atoms with van der Waals surface area (Å²) in [7, 11) is 0. The van der Waals surface area contributed by atoms with Gasteiger partial charge in [0.15, 0.2) is 11.8 Å². The number of anilines is 1. The highest BCUT2D eigenvalue weighted by Crippen LogP contribution is 2.28. The molecule has 1 saturated heterocycles. The fraction of sp³-hybridized carbons (Fsp3) is 0.333. The van der Waals surface area contributed by atoms with Crippen LogP contribution in [0.25, 0.3) is 5.65 Å². The minimum atomic E-state index is -0.642. The van der Waals surface area contributed by atoms with Crippen molar-refractivity contribution in [3.8, 4) is 5.75 Å². The van der Waals surface area contributed by atoms with Gasteiger partial charge in [-0.1, -0.05) is 23.2 Å². The van der Waals surface area contributed by atoms with E-state index in [1.54, 1.807) is 40.9 Å². The van der Waals surface area contributed by atoms with Crippen molar-refractivity contribution in [2.45, 2.75) is 13.0 Å². The Labute approximate surface area is 171 Å². The van der Waals surface area contributed by atoms with E-state index in [1.807, 2.05) is 12.1 Å². The van der Waals surface area contributed by atoms with Crippen LogP contribution in [0.2, 0.25) is 10.0 Å². The van der Waals surface area contributed by atoms with Crippen molar-refractivity contribution in [3.05, 3.63) is 46.7 Å². The molecule has 1 aliphatic rings. The van der Waals surface area contributed by atoms with Crippen LogP contribution >= 0.6 is 23.2 Å². The van der Waals surface area contributed by atoms with Gasteiger partial charge in [-0.15, -0.1) is 15.3 Å². The molecule has 0 aliphatic carbocycles. The highest BCUT2D eigenvalue weighted by molar-refractivity contribution is 6.35. The molecule has 0 spiro atoms. The lowest BCUT2D eigenvalue weighted by atomic mass is 10.2. The molecule has 1 aromatic carbocycles. The van der Waals surface area contributed by atoms with Crippen molar-refractivity contribution >= 4 is 40.6 Å². The topological polar surface area (TPSA) is 75.9 Å². The molecule has 0 saturated carbocycles. The van der Waals surface area contributed by atoms with Gasteiger partial charge in [0.05, 0.1) is 5.02 Å². The van der Waals surface area contributed by atoms with E-state index in [9.17, 15) is 4.79 Å². The Kier molecular flexibility index (Phi) is 5.23. The lowest BCUT2D eigenvalue weighted by molar-refractivity contribution is -0.138. The zero-order valence-corrected chi connectivity index (χ0v) is 16.6. The van der Waals surface area contributed by atoms with E-state index in [0.717, 1.165) is 5.82 Å². The Balaban J connectivity index is 1.36. The number of amides is 1. The molecule has 1 unspecified atom stereocenters. The highest BCUT2D eigenvalue weighted by Gasteiger charge is 2.27. The van der Waals surface area contributed by atoms with Gasteiger partial charge in [0, 0.05) is 31.2 Å². The third-order valence-corrected chi connectivity index (χ3v) is 5.14. The quantitative estimate of drug-likeness (QED) is 0.645. The first-order valence-electron chi connectivity index (χ1n) is 8.84. The molecule has 0 N–H and O–H groups in total. The summed E-state index contributed by atoms with van der Waals surface area (Å²) in [6, 6.07) is 8.72. The number of piperazine rings is 1. The SMILES string of the molecule is CC(Oc1ccc(Cl)cc1Cl)C(=O)N1CCN(c2ccc3nncn3n2)CC1. The van der Waals surface area contributed by atoms with Gasteiger partial charge in [-0.3, -0.25) is 4.79 Å². The Morgan fingerprint density at radius 1 is 1.14 bits per heavy atom. The van der Waals surface area contributed by atoms with Crippen molar-refractivity contribution in [1.29, 1.82) is 0 Å². The summed E-state index contributed by atoms with van der Waals surface area (Å²) in [5.41, 5.74) is 0.699. The average Bonchev–Trinajstić information content (AvgIpc) is 3.17. The largest absolute Gasteiger partial charge is 0.479 e. The van der Waals surface area contributed by atoms with Crippen LogP contribution < -0.4 is 9.64 Å². The lowest BCUT2D eigenvalue weighted by Gasteiger charge is -2.36. The Morgan fingerprint density at radius 3 is 2.68 bits per heavy atom. The monoisotopic (exact) mass is 420 g/mol. The second kappa shape index (κ2) is 7.81. The molecule has 0 bridgehead atoms. The second-order valence-corrected chi connectivity index (χ2v) is 7.32. The second-order valence-electron chi connectivity index (χ2n) is 6.47. The first-order chi connectivity index (χ1) is 13.5. The minimum absolute atomic E-state index is 0.0760. The van der Waals surface area contributed by atoms with Gasteiger partial charge in [0.1, 0.15) is 17.9 Å². The van der Waals surface area contributed by atoms with Gasteiger partial charge >= 0.3 is 0 Å². The molecule has 1 aliphatic heterocycles. The predicted octanol–water partition coefficient (Wildman–Crippen LogP) is 2.55. The van der Waals surface area contributed by atoms with Gasteiger partial charge in [0.2, 0.25) is 0 Å². The van der Waals surface area contributed by atoms with Gasteiger partial charge in [-0.2, -0.15) is 4.52 Å². The van der Waals surface area contributed by atoms with Crippen molar-refractivity contribution in [2.75, 3.05) is 31.1 Å². The molecule has 28 heavy (non-hydrogen) atoms. The summed E-state index contributed by atoms with van der Waals surface area (Å²) < 4.78 is 7.38. The van der Waals surface area contributed by atoms with E-state index in [4.69, 9.17) is 27.9 Å². The summed E-state index contributed by atoms with van der Waals surface area (Å²) >= 11 is 12.0. The number of carbonyl (C=O) groups excluding carboxylic acids is 1. The van der Waals surface area contributed by atoms with Crippen LogP contribution in [0.1, 0.15) is 6.92 Å². The number of hydrogen-bond acceptors (Lipinski definition) is 6. The molecule has 4 rings (SSSR count). The van der Waals surface area contributed by atoms with Gasteiger partial charge in [-0.25, -0.2) is 0 Å². The lowest BCUT2D eigenvalue weighted by Crippen LogP contribution is -2.52. The third kappa shape index (κ3) is 3.83. The van der Waals surface area contributed by atoms with E-state index in [-0.39, 0.29) is 5.91 Å². The van der Waals surface area contributed by atoms with E-state index in [1.165, 1.54) is 0 Å². The van der Waals surface area contributed by atoms with E-state index in [0.29, 0.717) is 47.6 Å². The Bertz CT molecular complexity index is 1000. The number of ether oxygens (including phenoxy) is 1. The number of fused-ring (bicyclic) bond motifs is 1. The van der Waals surface area contributed by atoms with Crippen LogP contribution in [0, 0.1) is 0 Å². The number of rotatable bonds is 4. The molecule has 1 fully saturated rings. The zero-order chi connectivity index (χ0) is 19.7. The van der Waals surface area contributed by atoms with Crippen molar-refractivity contribution < 1.29 is 9.53 Å². The van der Waals surface area contributed by atoms with Crippen LogP contribution in [0.3, 0.4) is 0 Å². The maximum absolute atomic E-state index is 12.7. The molecule has 2 aromatic heterocycles. The number of aromatic nitrogens is 4. The first-order valence-corrected chi connectivity index (χ1v) is 9.59. The van der Waals surface area contributed by atoms with Crippen molar-refractivity contribution in [3.63, 3.8) is 0 Å². The molecule has 8 nitrogen and oxygen atoms in total. The fourth-order valence-electron chi connectivity index (χ4n) is 3.11. The van der Waals surface area contributed by atoms with Crippen LogP contribution in [0.5, 0.6) is 5.75 Å². The summed E-state index contributed by atoms with van der Waals surface area (Å²) in [5, 5.41) is 13.2. The molecule has 1 amide bonds. The zero-order valence-electron chi connectivity index (χ0n) is 15.1. The smallest absolute Gasteiger partial charge is 0.263 e. The molecule has 3 aromatic rings. The summed E-state index contributed by atoms with van der Waals surface area (Å²) in [6.07, 6.45) is 0.927. The maximum atomic E-state index is 12.7. The van der Waals surface area contributed by atoms with Gasteiger partial charge in [-0.05, 0) is 37.3 Å². The number of carbonyl (C=O) groups is 1.